The van der Waals surface area contributed by atoms with Gasteiger partial charge < -0.3 is 0 Å². The predicted molar refractivity (Wildman–Crippen MR) is 94.4 cm³/mol. The van der Waals surface area contributed by atoms with Crippen molar-refractivity contribution >= 4 is 20.2 Å². The van der Waals surface area contributed by atoms with Crippen LogP contribution in [0.4, 0.5) is 26.3 Å². The molecule has 0 saturated heterocycles. The Morgan fingerprint density at radius 1 is 0.594 bits per heavy atom. The first kappa shape index (κ1) is 22.8. The Morgan fingerprint density at radius 3 is 1.09 bits per heavy atom. The summed E-state index contributed by atoms with van der Waals surface area (Å²) in [4.78, 5) is -2.72. The lowest BCUT2D eigenvalue weighted by Crippen LogP contribution is -2.35. The van der Waals surface area contributed by atoms with Gasteiger partial charge in [-0.15, -0.1) is 0 Å². The lowest BCUT2D eigenvalue weighted by Gasteiger charge is -2.28. The zero-order valence-electron chi connectivity index (χ0n) is 15.8. The normalized spacial score (nSPS) is 28.2. The molecule has 2 aliphatic rings. The Balaban J connectivity index is 2.12. The smallest absolute Gasteiger partial charge is 0.249 e. The van der Waals surface area contributed by atoms with Crippen molar-refractivity contribution in [2.45, 2.75) is 25.0 Å². The highest BCUT2D eigenvalue weighted by molar-refractivity contribution is 7.96. The third-order valence-corrected chi connectivity index (χ3v) is 8.52. The van der Waals surface area contributed by atoms with Crippen LogP contribution in [0.15, 0.2) is 34.1 Å². The summed E-state index contributed by atoms with van der Waals surface area (Å²) in [6, 6.07) is 0.608. The van der Waals surface area contributed by atoms with Crippen molar-refractivity contribution in [1.82, 2.24) is 0 Å². The fourth-order valence-electron chi connectivity index (χ4n) is 4.04. The molecule has 0 spiro atoms. The largest absolute Gasteiger partial charge is 0.298 e. The van der Waals surface area contributed by atoms with E-state index in [1.54, 1.807) is 0 Å². The fraction of sp³-hybridized carbons (Fsp3) is 0.222. The Hall–Kier alpha value is -2.42. The molecule has 2 unspecified atom stereocenters. The van der Waals surface area contributed by atoms with E-state index < -0.39 is 87.3 Å². The molecule has 0 radical (unpaired) electrons. The molecule has 0 bridgehead atoms. The van der Waals surface area contributed by atoms with Crippen LogP contribution in [0.1, 0.15) is 25.0 Å². The van der Waals surface area contributed by atoms with Gasteiger partial charge in [-0.1, -0.05) is 0 Å². The van der Waals surface area contributed by atoms with E-state index in [1.165, 1.54) is 0 Å². The summed E-state index contributed by atoms with van der Waals surface area (Å²) in [5.74, 6) is -9.58. The first-order valence-corrected chi connectivity index (χ1v) is 11.3. The number of hydrogen-bond donors (Lipinski definition) is 0. The third-order valence-electron chi connectivity index (χ3n) is 5.09. The molecule has 0 fully saturated rings. The third kappa shape index (κ3) is 2.93. The van der Waals surface area contributed by atoms with E-state index in [-0.39, 0.29) is 24.3 Å². The van der Waals surface area contributed by atoms with Gasteiger partial charge in [0.1, 0.15) is 44.7 Å². The summed E-state index contributed by atoms with van der Waals surface area (Å²) in [6.45, 7) is 1.30. The molecule has 6 nitrogen and oxygen atoms in total. The van der Waals surface area contributed by atoms with E-state index in [4.69, 9.17) is 8.37 Å². The monoisotopic (exact) mass is 500 g/mol. The van der Waals surface area contributed by atoms with Gasteiger partial charge in [-0.25, -0.2) is 34.7 Å². The molecular weight excluding hydrogens is 490 g/mol. The maximum Gasteiger partial charge on any atom is 0.298 e. The van der Waals surface area contributed by atoms with Crippen LogP contribution in [0, 0.1) is 34.9 Å². The van der Waals surface area contributed by atoms with Crippen molar-refractivity contribution < 1.29 is 51.5 Å². The summed E-state index contributed by atoms with van der Waals surface area (Å²) in [7, 11) is -10.5. The van der Waals surface area contributed by atoms with E-state index in [9.17, 15) is 43.2 Å². The van der Waals surface area contributed by atoms with Gasteiger partial charge >= 0.3 is 0 Å². The molecule has 0 N–H and O–H groups in total. The van der Waals surface area contributed by atoms with Crippen molar-refractivity contribution in [1.29, 1.82) is 0 Å². The quantitative estimate of drug-likeness (QED) is 0.463. The Labute approximate surface area is 177 Å². The molecule has 4 rings (SSSR count). The van der Waals surface area contributed by atoms with Crippen molar-refractivity contribution in [3.05, 3.63) is 80.1 Å². The lowest BCUT2D eigenvalue weighted by molar-refractivity contribution is 0.127. The van der Waals surface area contributed by atoms with E-state index in [2.05, 4.69) is 0 Å². The Bertz CT molecular complexity index is 1300. The van der Waals surface area contributed by atoms with Crippen LogP contribution >= 0.6 is 0 Å². The second kappa shape index (κ2) is 6.56. The highest BCUT2D eigenvalue weighted by atomic mass is 32.2. The molecule has 0 aliphatic carbocycles. The molecule has 2 aliphatic heterocycles. The van der Waals surface area contributed by atoms with Crippen LogP contribution in [-0.2, 0) is 39.8 Å². The highest BCUT2D eigenvalue weighted by Gasteiger charge is 2.67. The second-order valence-electron chi connectivity index (χ2n) is 7.29. The Morgan fingerprint density at radius 2 is 0.844 bits per heavy atom. The minimum absolute atomic E-state index is 0.152. The van der Waals surface area contributed by atoms with Gasteiger partial charge in [0.25, 0.3) is 20.2 Å². The summed E-state index contributed by atoms with van der Waals surface area (Å²) in [6.07, 6.45) is 0. The first-order valence-electron chi connectivity index (χ1n) is 8.51. The molecule has 2 atom stereocenters. The molecule has 0 saturated carbocycles. The molecule has 0 amide bonds. The number of benzene rings is 2. The van der Waals surface area contributed by atoms with Crippen LogP contribution in [-0.4, -0.2) is 16.8 Å². The highest BCUT2D eigenvalue weighted by Crippen LogP contribution is 2.60. The van der Waals surface area contributed by atoms with E-state index in [0.717, 1.165) is 0 Å². The maximum atomic E-state index is 14.5. The molecule has 32 heavy (non-hydrogen) atoms. The predicted octanol–water partition coefficient (Wildman–Crippen LogP) is 3.58. The number of hydrogen-bond acceptors (Lipinski definition) is 6. The fourth-order valence-corrected chi connectivity index (χ4v) is 8.22. The topological polar surface area (TPSA) is 86.7 Å². The van der Waals surface area contributed by atoms with Crippen molar-refractivity contribution in [3.63, 3.8) is 0 Å². The van der Waals surface area contributed by atoms with Crippen molar-refractivity contribution in [3.8, 4) is 0 Å². The lowest BCUT2D eigenvalue weighted by atomic mass is 9.88. The Kier molecular flexibility index (Phi) is 4.66. The summed E-state index contributed by atoms with van der Waals surface area (Å²) in [5, 5.41) is 0. The summed E-state index contributed by atoms with van der Waals surface area (Å²) in [5.41, 5.74) is -8.52. The first-order chi connectivity index (χ1) is 14.5. The number of halogens is 6. The minimum Gasteiger partial charge on any atom is -0.249 e. The molecule has 172 valence electrons. The van der Waals surface area contributed by atoms with Crippen LogP contribution in [0.25, 0.3) is 0 Å². The summed E-state index contributed by atoms with van der Waals surface area (Å²) >= 11 is 0. The molecule has 14 heteroatoms. The second-order valence-corrected chi connectivity index (χ2v) is 10.3. The van der Waals surface area contributed by atoms with Crippen molar-refractivity contribution in [2.75, 3.05) is 0 Å². The van der Waals surface area contributed by atoms with Gasteiger partial charge in [-0.2, -0.15) is 16.8 Å². The van der Waals surface area contributed by atoms with Crippen LogP contribution in [0.2, 0.25) is 0 Å². The van der Waals surface area contributed by atoms with Gasteiger partial charge in [-0.3, -0.25) is 0 Å². The summed E-state index contributed by atoms with van der Waals surface area (Å²) < 4.78 is 145. The van der Waals surface area contributed by atoms with Gasteiger partial charge in [0.05, 0.1) is 11.1 Å². The molecule has 2 heterocycles. The SMILES string of the molecule is CC1(c2c(F)cc(F)cc2F)OS(=O)(=O)C2=C1S(=O)(=O)OC2(C)c1c(F)cc(F)cc1F. The molecule has 0 aromatic heterocycles. The van der Waals surface area contributed by atoms with Crippen molar-refractivity contribution in [2.24, 2.45) is 0 Å². The van der Waals surface area contributed by atoms with Gasteiger partial charge in [0.2, 0.25) is 0 Å². The minimum atomic E-state index is -5.27. The van der Waals surface area contributed by atoms with Gasteiger partial charge in [-0.05, 0) is 13.8 Å². The zero-order valence-corrected chi connectivity index (χ0v) is 17.5. The van der Waals surface area contributed by atoms with Gasteiger partial charge in [0, 0.05) is 24.3 Å². The maximum absolute atomic E-state index is 14.5. The van der Waals surface area contributed by atoms with Crippen LogP contribution in [0.5, 0.6) is 0 Å². The number of rotatable bonds is 2. The van der Waals surface area contributed by atoms with E-state index in [1.807, 2.05) is 0 Å². The van der Waals surface area contributed by atoms with Gasteiger partial charge in [0.15, 0.2) is 11.2 Å². The van der Waals surface area contributed by atoms with Crippen LogP contribution < -0.4 is 0 Å². The zero-order chi connectivity index (χ0) is 24.0. The molecule has 2 aromatic carbocycles. The van der Waals surface area contributed by atoms with Crippen LogP contribution in [0.3, 0.4) is 0 Å². The van der Waals surface area contributed by atoms with E-state index in [0.29, 0.717) is 13.8 Å². The molecule has 2 aromatic rings. The average Bonchev–Trinajstić information content (AvgIpc) is 2.93. The molecular formula is C18H10F6O6S2. The van der Waals surface area contributed by atoms with E-state index >= 15 is 0 Å². The standard InChI is InChI=1S/C18H10F6O6S2/c1-17(13-9(21)3-7(19)4-10(13)22)15-16(32(27,28)29-17)18(2,30-31(15,25)26)14-11(23)5-8(20)6-12(14)24/h3-6H,1-2H3. The average molecular weight is 500 g/mol.